The summed E-state index contributed by atoms with van der Waals surface area (Å²) in [6.07, 6.45) is 0. The molecule has 0 radical (unpaired) electrons. The molecule has 4 heteroatoms. The molecule has 0 N–H and O–H groups in total. The first-order valence-electron chi connectivity index (χ1n) is 6.74. The van der Waals surface area contributed by atoms with Crippen molar-refractivity contribution in [3.05, 3.63) is 70.2 Å². The Kier molecular flexibility index (Phi) is 3.99. The molecule has 0 unspecified atom stereocenters. The molecule has 0 bridgehead atoms. The molecule has 0 spiro atoms. The van der Waals surface area contributed by atoms with Crippen LogP contribution in [0.4, 0.5) is 0 Å². The molecule has 1 aliphatic rings. The first kappa shape index (κ1) is 14.7. The normalized spacial score (nSPS) is 12.6. The van der Waals surface area contributed by atoms with E-state index in [4.69, 9.17) is 11.6 Å². The molecule has 1 aliphatic heterocycles. The number of hydrogen-bond donors (Lipinski definition) is 0. The van der Waals surface area contributed by atoms with Crippen molar-refractivity contribution in [3.63, 3.8) is 0 Å². The summed E-state index contributed by atoms with van der Waals surface area (Å²) in [7, 11) is 0. The summed E-state index contributed by atoms with van der Waals surface area (Å²) >= 11 is 13.2. The van der Waals surface area contributed by atoms with Gasteiger partial charge in [-0.1, -0.05) is 69.3 Å². The van der Waals surface area contributed by atoms with E-state index in [2.05, 4.69) is 64.5 Å². The highest BCUT2D eigenvalue weighted by molar-refractivity contribution is 9.10. The Bertz CT molecular complexity index is 859. The molecule has 4 rings (SSSR count). The van der Waals surface area contributed by atoms with Crippen LogP contribution in [0.2, 0.25) is 5.02 Å². The summed E-state index contributed by atoms with van der Waals surface area (Å²) < 4.78 is 1.13. The minimum absolute atomic E-state index is 0.770. The van der Waals surface area contributed by atoms with Crippen LogP contribution in [0.5, 0.6) is 0 Å². The Morgan fingerprint density at radius 1 is 0.636 bits per heavy atom. The van der Waals surface area contributed by atoms with E-state index in [0.717, 1.165) is 9.50 Å². The molecular formula is C18H10BrClS2. The SMILES string of the molecule is Clc1ccc(-c2ccc3c(c2)Sc2ccc(Br)cc2S3)cc1. The number of benzene rings is 3. The summed E-state index contributed by atoms with van der Waals surface area (Å²) in [5.41, 5.74) is 2.42. The van der Waals surface area contributed by atoms with Gasteiger partial charge in [0.2, 0.25) is 0 Å². The number of hydrogen-bond acceptors (Lipinski definition) is 2. The maximum Gasteiger partial charge on any atom is 0.0406 e. The van der Waals surface area contributed by atoms with Gasteiger partial charge in [-0.05, 0) is 53.6 Å². The highest BCUT2D eigenvalue weighted by atomic mass is 79.9. The Balaban J connectivity index is 1.73. The second kappa shape index (κ2) is 5.97. The van der Waals surface area contributed by atoms with E-state index in [-0.39, 0.29) is 0 Å². The van der Waals surface area contributed by atoms with Gasteiger partial charge < -0.3 is 0 Å². The average Bonchev–Trinajstić information content (AvgIpc) is 2.53. The van der Waals surface area contributed by atoms with Gasteiger partial charge >= 0.3 is 0 Å². The van der Waals surface area contributed by atoms with Crippen LogP contribution in [0, 0.1) is 0 Å². The van der Waals surface area contributed by atoms with Gasteiger partial charge in [0.05, 0.1) is 0 Å². The van der Waals surface area contributed by atoms with Crippen molar-refractivity contribution in [1.29, 1.82) is 0 Å². The lowest BCUT2D eigenvalue weighted by atomic mass is 10.1. The summed E-state index contributed by atoms with van der Waals surface area (Å²) in [6.45, 7) is 0. The second-order valence-electron chi connectivity index (χ2n) is 4.96. The van der Waals surface area contributed by atoms with E-state index in [1.54, 1.807) is 0 Å². The standard InChI is InChI=1S/C18H10BrClS2/c19-13-4-8-16-18(10-13)22-15-7-3-12(9-17(15)21-16)11-1-5-14(20)6-2-11/h1-10H. The van der Waals surface area contributed by atoms with Gasteiger partial charge in [0, 0.05) is 29.1 Å². The lowest BCUT2D eigenvalue weighted by molar-refractivity contribution is 1.15. The van der Waals surface area contributed by atoms with Gasteiger partial charge in [0.1, 0.15) is 0 Å². The van der Waals surface area contributed by atoms with E-state index < -0.39 is 0 Å². The second-order valence-corrected chi connectivity index (χ2v) is 8.48. The molecule has 0 aromatic heterocycles. The molecule has 1 heterocycles. The van der Waals surface area contributed by atoms with E-state index in [9.17, 15) is 0 Å². The van der Waals surface area contributed by atoms with Crippen LogP contribution in [-0.2, 0) is 0 Å². The Hall–Kier alpha value is -0.870. The Morgan fingerprint density at radius 3 is 1.95 bits per heavy atom. The molecule has 22 heavy (non-hydrogen) atoms. The minimum atomic E-state index is 0.770. The van der Waals surface area contributed by atoms with Crippen LogP contribution >= 0.6 is 51.1 Å². The van der Waals surface area contributed by atoms with Crippen molar-refractivity contribution in [1.82, 2.24) is 0 Å². The van der Waals surface area contributed by atoms with Crippen molar-refractivity contribution in [2.45, 2.75) is 19.6 Å². The van der Waals surface area contributed by atoms with Crippen LogP contribution in [0.25, 0.3) is 11.1 Å². The molecule has 0 saturated heterocycles. The van der Waals surface area contributed by atoms with Gasteiger partial charge in [-0.3, -0.25) is 0 Å². The molecule has 0 amide bonds. The van der Waals surface area contributed by atoms with Gasteiger partial charge in [-0.2, -0.15) is 0 Å². The molecule has 3 aromatic carbocycles. The maximum absolute atomic E-state index is 5.97. The van der Waals surface area contributed by atoms with Crippen LogP contribution < -0.4 is 0 Å². The zero-order valence-corrected chi connectivity index (χ0v) is 15.3. The first-order valence-corrected chi connectivity index (χ1v) is 9.55. The molecule has 0 saturated carbocycles. The van der Waals surface area contributed by atoms with Gasteiger partial charge in [0.25, 0.3) is 0 Å². The third-order valence-electron chi connectivity index (χ3n) is 3.47. The first-order chi connectivity index (χ1) is 10.7. The summed E-state index contributed by atoms with van der Waals surface area (Å²) in [6, 6.07) is 21.1. The zero-order valence-electron chi connectivity index (χ0n) is 11.3. The molecular weight excluding hydrogens is 396 g/mol. The number of halogens is 2. The zero-order chi connectivity index (χ0) is 15.1. The Morgan fingerprint density at radius 2 is 1.23 bits per heavy atom. The minimum Gasteiger partial charge on any atom is -0.0877 e. The maximum atomic E-state index is 5.97. The van der Waals surface area contributed by atoms with E-state index in [1.165, 1.54) is 30.7 Å². The smallest absolute Gasteiger partial charge is 0.0406 e. The van der Waals surface area contributed by atoms with E-state index in [1.807, 2.05) is 35.7 Å². The summed E-state index contributed by atoms with van der Waals surface area (Å²) in [5.74, 6) is 0. The Labute approximate surface area is 151 Å². The van der Waals surface area contributed by atoms with Crippen molar-refractivity contribution in [2.24, 2.45) is 0 Å². The molecule has 0 aliphatic carbocycles. The molecule has 0 atom stereocenters. The predicted octanol–water partition coefficient (Wildman–Crippen LogP) is 7.39. The monoisotopic (exact) mass is 404 g/mol. The fourth-order valence-corrected chi connectivity index (χ4v) is 5.29. The topological polar surface area (TPSA) is 0 Å². The summed E-state index contributed by atoms with van der Waals surface area (Å²) in [5, 5.41) is 0.770. The van der Waals surface area contributed by atoms with Gasteiger partial charge in [0.15, 0.2) is 0 Å². The fraction of sp³-hybridized carbons (Fsp3) is 0. The van der Waals surface area contributed by atoms with Crippen LogP contribution in [0.15, 0.2) is 84.7 Å². The highest BCUT2D eigenvalue weighted by Gasteiger charge is 2.17. The van der Waals surface area contributed by atoms with Gasteiger partial charge in [-0.25, -0.2) is 0 Å². The molecule has 0 nitrogen and oxygen atoms in total. The molecule has 0 fully saturated rings. The average molecular weight is 406 g/mol. The summed E-state index contributed by atoms with van der Waals surface area (Å²) in [4.78, 5) is 5.25. The van der Waals surface area contributed by atoms with Crippen molar-refractivity contribution in [3.8, 4) is 11.1 Å². The largest absolute Gasteiger partial charge is 0.0877 e. The number of fused-ring (bicyclic) bond motifs is 2. The third-order valence-corrected chi connectivity index (χ3v) is 6.74. The number of rotatable bonds is 1. The van der Waals surface area contributed by atoms with Crippen LogP contribution in [0.1, 0.15) is 0 Å². The van der Waals surface area contributed by atoms with Crippen LogP contribution in [0.3, 0.4) is 0 Å². The van der Waals surface area contributed by atoms with Crippen molar-refractivity contribution >= 4 is 51.1 Å². The molecule has 108 valence electrons. The molecule has 3 aromatic rings. The third kappa shape index (κ3) is 2.83. The lowest BCUT2D eigenvalue weighted by Crippen LogP contribution is -1.90. The van der Waals surface area contributed by atoms with Gasteiger partial charge in [-0.15, -0.1) is 0 Å². The fourth-order valence-electron chi connectivity index (χ4n) is 2.38. The van der Waals surface area contributed by atoms with E-state index >= 15 is 0 Å². The lowest BCUT2D eigenvalue weighted by Gasteiger charge is -2.19. The predicted molar refractivity (Wildman–Crippen MR) is 99.3 cm³/mol. The quantitative estimate of drug-likeness (QED) is 0.324. The van der Waals surface area contributed by atoms with Crippen molar-refractivity contribution in [2.75, 3.05) is 0 Å². The van der Waals surface area contributed by atoms with Crippen molar-refractivity contribution < 1.29 is 0 Å². The highest BCUT2D eigenvalue weighted by Crippen LogP contribution is 2.49. The van der Waals surface area contributed by atoms with E-state index in [0.29, 0.717) is 0 Å². The van der Waals surface area contributed by atoms with Crippen LogP contribution in [-0.4, -0.2) is 0 Å².